The van der Waals surface area contributed by atoms with E-state index in [4.69, 9.17) is 14.2 Å². The highest BCUT2D eigenvalue weighted by atomic mass is 32.2. The van der Waals surface area contributed by atoms with Crippen LogP contribution in [0.1, 0.15) is 11.7 Å². The van der Waals surface area contributed by atoms with E-state index in [9.17, 15) is 9.18 Å². The first-order valence-electron chi connectivity index (χ1n) is 9.87. The van der Waals surface area contributed by atoms with E-state index in [1.165, 1.54) is 28.6 Å². The Morgan fingerprint density at radius 3 is 2.78 bits per heavy atom. The molecular weight excluding hydrogens is 437 g/mol. The van der Waals surface area contributed by atoms with Gasteiger partial charge in [-0.2, -0.15) is 4.68 Å². The molecule has 0 aliphatic carbocycles. The van der Waals surface area contributed by atoms with Crippen LogP contribution in [0.25, 0.3) is 5.69 Å². The second-order valence-corrected chi connectivity index (χ2v) is 7.89. The number of aromatic nitrogens is 4. The lowest BCUT2D eigenvalue weighted by molar-refractivity contribution is -0.136. The number of carbonyl (C=O) groups excluding carboxylic acids is 1. The molecule has 0 bridgehead atoms. The average molecular weight is 460 g/mol. The minimum absolute atomic E-state index is 0.0578. The lowest BCUT2D eigenvalue weighted by atomic mass is 10.1. The van der Waals surface area contributed by atoms with Crippen LogP contribution in [-0.2, 0) is 9.53 Å². The van der Waals surface area contributed by atoms with Gasteiger partial charge >= 0.3 is 0 Å². The Bertz CT molecular complexity index is 1080. The lowest BCUT2D eigenvalue weighted by Gasteiger charge is -2.33. The Kier molecular flexibility index (Phi) is 6.86. The van der Waals surface area contributed by atoms with Crippen molar-refractivity contribution in [2.24, 2.45) is 0 Å². The summed E-state index contributed by atoms with van der Waals surface area (Å²) in [5, 5.41) is 12.3. The van der Waals surface area contributed by atoms with Gasteiger partial charge in [0, 0.05) is 12.6 Å². The van der Waals surface area contributed by atoms with Gasteiger partial charge in [0.05, 0.1) is 33.1 Å². The number of carbonyl (C=O) groups is 1. The van der Waals surface area contributed by atoms with Gasteiger partial charge in [-0.25, -0.2) is 4.39 Å². The summed E-state index contributed by atoms with van der Waals surface area (Å²) >= 11 is 1.23. The number of morpholine rings is 1. The Morgan fingerprint density at radius 1 is 1.22 bits per heavy atom. The maximum Gasteiger partial charge on any atom is 0.233 e. The molecule has 11 heteroatoms. The van der Waals surface area contributed by atoms with Gasteiger partial charge in [0.15, 0.2) is 0 Å². The highest BCUT2D eigenvalue weighted by molar-refractivity contribution is 7.99. The third-order valence-corrected chi connectivity index (χ3v) is 5.94. The van der Waals surface area contributed by atoms with Crippen molar-refractivity contribution in [3.8, 4) is 17.2 Å². The molecule has 1 unspecified atom stereocenters. The van der Waals surface area contributed by atoms with Crippen LogP contribution in [0, 0.1) is 5.82 Å². The van der Waals surface area contributed by atoms with E-state index in [0.29, 0.717) is 42.0 Å². The first-order chi connectivity index (χ1) is 15.6. The second-order valence-electron chi connectivity index (χ2n) is 6.95. The molecular formula is C21H22FN5O4S. The Balaban J connectivity index is 1.43. The van der Waals surface area contributed by atoms with Crippen LogP contribution in [0.3, 0.4) is 0 Å². The van der Waals surface area contributed by atoms with Crippen molar-refractivity contribution in [3.63, 3.8) is 0 Å². The minimum Gasteiger partial charge on any atom is -0.497 e. The molecule has 3 aromatic rings. The summed E-state index contributed by atoms with van der Waals surface area (Å²) in [5.41, 5.74) is 1.44. The molecule has 2 aromatic carbocycles. The van der Waals surface area contributed by atoms with Crippen molar-refractivity contribution in [3.05, 3.63) is 53.8 Å². The van der Waals surface area contributed by atoms with Gasteiger partial charge < -0.3 is 19.1 Å². The van der Waals surface area contributed by atoms with E-state index < -0.39 is 0 Å². The smallest absolute Gasteiger partial charge is 0.233 e. The van der Waals surface area contributed by atoms with Crippen molar-refractivity contribution in [2.45, 2.75) is 11.3 Å². The molecule has 0 spiro atoms. The summed E-state index contributed by atoms with van der Waals surface area (Å²) in [6.45, 7) is 1.31. The highest BCUT2D eigenvalue weighted by Gasteiger charge is 2.26. The number of thioether (sulfide) groups is 1. The van der Waals surface area contributed by atoms with E-state index >= 15 is 0 Å². The molecule has 1 saturated heterocycles. The molecule has 9 nitrogen and oxygen atoms in total. The van der Waals surface area contributed by atoms with Crippen molar-refractivity contribution >= 4 is 17.7 Å². The Labute approximate surface area is 188 Å². The third-order valence-electron chi connectivity index (χ3n) is 5.04. The number of tetrazole rings is 1. The molecule has 1 aliphatic heterocycles. The van der Waals surface area contributed by atoms with Gasteiger partial charge in [-0.15, -0.1) is 5.10 Å². The fraction of sp³-hybridized carbons (Fsp3) is 0.333. The van der Waals surface area contributed by atoms with Gasteiger partial charge in [0.25, 0.3) is 0 Å². The van der Waals surface area contributed by atoms with Crippen molar-refractivity contribution in [1.82, 2.24) is 25.1 Å². The fourth-order valence-electron chi connectivity index (χ4n) is 3.35. The lowest BCUT2D eigenvalue weighted by Crippen LogP contribution is -2.43. The van der Waals surface area contributed by atoms with Crippen LogP contribution < -0.4 is 9.47 Å². The predicted molar refractivity (Wildman–Crippen MR) is 115 cm³/mol. The summed E-state index contributed by atoms with van der Waals surface area (Å²) in [6, 6.07) is 11.4. The first kappa shape index (κ1) is 22.0. The molecule has 1 amide bonds. The quantitative estimate of drug-likeness (QED) is 0.498. The normalized spacial score (nSPS) is 16.1. The molecule has 1 atom stereocenters. The van der Waals surface area contributed by atoms with E-state index in [1.54, 1.807) is 49.5 Å². The topological polar surface area (TPSA) is 91.6 Å². The largest absolute Gasteiger partial charge is 0.497 e. The van der Waals surface area contributed by atoms with E-state index in [1.807, 2.05) is 0 Å². The molecule has 0 radical (unpaired) electrons. The van der Waals surface area contributed by atoms with Gasteiger partial charge in [0.1, 0.15) is 29.1 Å². The monoisotopic (exact) mass is 459 g/mol. The fourth-order valence-corrected chi connectivity index (χ4v) is 4.14. The number of rotatable bonds is 7. The number of benzene rings is 2. The molecule has 0 N–H and O–H groups in total. The number of methoxy groups -OCH3 is 2. The van der Waals surface area contributed by atoms with Crippen LogP contribution in [0.4, 0.5) is 4.39 Å². The standard InChI is InChI=1S/C21H22FN5O4S/c1-29-16-7-8-18(30-2)17(11-16)27-21(23-24-25-27)32-13-20(28)26-9-10-31-19(12-26)14-3-5-15(22)6-4-14/h3-8,11,19H,9-10,12-13H2,1-2H3. The maximum atomic E-state index is 13.2. The molecule has 1 aromatic heterocycles. The summed E-state index contributed by atoms with van der Waals surface area (Å²) < 4.78 is 31.2. The first-order valence-corrected chi connectivity index (χ1v) is 10.9. The van der Waals surface area contributed by atoms with Gasteiger partial charge in [-0.05, 0) is 40.3 Å². The number of nitrogens with zero attached hydrogens (tertiary/aromatic N) is 5. The average Bonchev–Trinajstić information content (AvgIpc) is 3.31. The predicted octanol–water partition coefficient (Wildman–Crippen LogP) is 2.51. The number of ether oxygens (including phenoxy) is 3. The molecule has 32 heavy (non-hydrogen) atoms. The van der Waals surface area contributed by atoms with Gasteiger partial charge in [-0.1, -0.05) is 23.9 Å². The minimum atomic E-state index is -0.306. The SMILES string of the molecule is COc1ccc(OC)c(-n2nnnc2SCC(=O)N2CCOC(c3ccc(F)cc3)C2)c1. The highest BCUT2D eigenvalue weighted by Crippen LogP contribution is 2.30. The molecule has 1 aliphatic rings. The summed E-state index contributed by atoms with van der Waals surface area (Å²) in [6.07, 6.45) is -0.287. The number of halogens is 1. The summed E-state index contributed by atoms with van der Waals surface area (Å²) in [7, 11) is 3.13. The van der Waals surface area contributed by atoms with E-state index in [-0.39, 0.29) is 23.6 Å². The Morgan fingerprint density at radius 2 is 2.03 bits per heavy atom. The van der Waals surface area contributed by atoms with Gasteiger partial charge in [-0.3, -0.25) is 4.79 Å². The summed E-state index contributed by atoms with van der Waals surface area (Å²) in [4.78, 5) is 14.6. The van der Waals surface area contributed by atoms with E-state index in [2.05, 4.69) is 15.5 Å². The number of amides is 1. The van der Waals surface area contributed by atoms with Crippen LogP contribution >= 0.6 is 11.8 Å². The molecule has 4 rings (SSSR count). The zero-order valence-electron chi connectivity index (χ0n) is 17.6. The van der Waals surface area contributed by atoms with Crippen molar-refractivity contribution < 1.29 is 23.4 Å². The molecule has 168 valence electrons. The second kappa shape index (κ2) is 9.96. The zero-order chi connectivity index (χ0) is 22.5. The van der Waals surface area contributed by atoms with E-state index in [0.717, 1.165) is 5.56 Å². The van der Waals surface area contributed by atoms with Crippen LogP contribution in [0.2, 0.25) is 0 Å². The Hall–Kier alpha value is -3.18. The third kappa shape index (κ3) is 4.83. The molecule has 1 fully saturated rings. The van der Waals surface area contributed by atoms with Crippen LogP contribution in [0.15, 0.2) is 47.6 Å². The van der Waals surface area contributed by atoms with Gasteiger partial charge in [0.2, 0.25) is 11.1 Å². The van der Waals surface area contributed by atoms with Crippen LogP contribution in [0.5, 0.6) is 11.5 Å². The number of hydrogen-bond acceptors (Lipinski definition) is 8. The molecule has 2 heterocycles. The zero-order valence-corrected chi connectivity index (χ0v) is 18.4. The van der Waals surface area contributed by atoms with Crippen molar-refractivity contribution in [2.75, 3.05) is 39.7 Å². The maximum absolute atomic E-state index is 13.2. The van der Waals surface area contributed by atoms with Crippen molar-refractivity contribution in [1.29, 1.82) is 0 Å². The van der Waals surface area contributed by atoms with Crippen LogP contribution in [-0.4, -0.2) is 70.7 Å². The summed E-state index contributed by atoms with van der Waals surface area (Å²) in [5.74, 6) is 0.991. The molecule has 0 saturated carbocycles. The number of hydrogen-bond donors (Lipinski definition) is 0.